The van der Waals surface area contributed by atoms with Crippen molar-refractivity contribution in [2.45, 2.75) is 20.8 Å². The van der Waals surface area contributed by atoms with Gasteiger partial charge in [0.2, 0.25) is 0 Å². The van der Waals surface area contributed by atoms with E-state index in [1.807, 2.05) is 62.4 Å². The highest BCUT2D eigenvalue weighted by atomic mass is 16.3. The van der Waals surface area contributed by atoms with Crippen molar-refractivity contribution in [3.05, 3.63) is 64.2 Å². The lowest BCUT2D eigenvalue weighted by atomic mass is 9.97. The molecule has 2 rings (SSSR count). The van der Waals surface area contributed by atoms with Crippen LogP contribution in [-0.2, 0) is 0 Å². The summed E-state index contributed by atoms with van der Waals surface area (Å²) in [6.07, 6.45) is 4.00. The minimum atomic E-state index is 0.350. The van der Waals surface area contributed by atoms with Gasteiger partial charge in [0.1, 0.15) is 5.75 Å². The van der Waals surface area contributed by atoms with E-state index in [2.05, 4.69) is 6.92 Å². The topological polar surface area (TPSA) is 20.2 Å². The van der Waals surface area contributed by atoms with Gasteiger partial charge in [-0.25, -0.2) is 0 Å². The van der Waals surface area contributed by atoms with Gasteiger partial charge in [0.25, 0.3) is 0 Å². The molecule has 0 aromatic heterocycles. The van der Waals surface area contributed by atoms with Gasteiger partial charge in [-0.2, -0.15) is 0 Å². The third kappa shape index (κ3) is 2.45. The number of hydrogen-bond donors (Lipinski definition) is 1. The van der Waals surface area contributed by atoms with Crippen LogP contribution in [0.1, 0.15) is 27.8 Å². The van der Waals surface area contributed by atoms with Crippen LogP contribution in [0.25, 0.3) is 12.2 Å². The van der Waals surface area contributed by atoms with Crippen LogP contribution in [0.5, 0.6) is 5.75 Å². The Morgan fingerprint density at radius 3 is 2.22 bits per heavy atom. The minimum Gasteiger partial charge on any atom is -0.507 e. The molecule has 18 heavy (non-hydrogen) atoms. The standard InChI is InChI=1S/C17H18O/c1-12-11-17(18)16(14(3)13(12)2)10-9-15-7-5-4-6-8-15/h4-11,18H,1-3H3. The first-order valence-corrected chi connectivity index (χ1v) is 6.12. The van der Waals surface area contributed by atoms with E-state index < -0.39 is 0 Å². The van der Waals surface area contributed by atoms with Gasteiger partial charge >= 0.3 is 0 Å². The van der Waals surface area contributed by atoms with Crippen LogP contribution in [0.4, 0.5) is 0 Å². The summed E-state index contributed by atoms with van der Waals surface area (Å²) in [5.41, 5.74) is 5.54. The van der Waals surface area contributed by atoms with Crippen molar-refractivity contribution in [2.75, 3.05) is 0 Å². The molecule has 0 aliphatic carbocycles. The van der Waals surface area contributed by atoms with Crippen molar-refractivity contribution < 1.29 is 5.11 Å². The predicted octanol–water partition coefficient (Wildman–Crippen LogP) is 4.49. The zero-order valence-corrected chi connectivity index (χ0v) is 11.1. The molecule has 0 radical (unpaired) electrons. The number of aromatic hydroxyl groups is 1. The third-order valence-electron chi connectivity index (χ3n) is 3.43. The Morgan fingerprint density at radius 2 is 1.56 bits per heavy atom. The van der Waals surface area contributed by atoms with Crippen molar-refractivity contribution in [3.8, 4) is 5.75 Å². The summed E-state index contributed by atoms with van der Waals surface area (Å²) in [6, 6.07) is 11.9. The Balaban J connectivity index is 2.41. The SMILES string of the molecule is Cc1cc(O)c(C=Cc2ccccc2)c(C)c1C. The summed E-state index contributed by atoms with van der Waals surface area (Å²) >= 11 is 0. The number of rotatable bonds is 2. The molecule has 0 heterocycles. The molecule has 1 N–H and O–H groups in total. The van der Waals surface area contributed by atoms with E-state index in [0.717, 1.165) is 22.3 Å². The summed E-state index contributed by atoms with van der Waals surface area (Å²) in [6.45, 7) is 6.16. The smallest absolute Gasteiger partial charge is 0.123 e. The Hall–Kier alpha value is -2.02. The predicted molar refractivity (Wildman–Crippen MR) is 77.7 cm³/mol. The van der Waals surface area contributed by atoms with Crippen LogP contribution in [0, 0.1) is 20.8 Å². The van der Waals surface area contributed by atoms with E-state index in [1.165, 1.54) is 5.56 Å². The zero-order chi connectivity index (χ0) is 13.1. The zero-order valence-electron chi connectivity index (χ0n) is 11.1. The van der Waals surface area contributed by atoms with Crippen molar-refractivity contribution in [3.63, 3.8) is 0 Å². The molecule has 0 fully saturated rings. The van der Waals surface area contributed by atoms with Crippen molar-refractivity contribution in [1.29, 1.82) is 0 Å². The van der Waals surface area contributed by atoms with Crippen LogP contribution in [-0.4, -0.2) is 5.11 Å². The van der Waals surface area contributed by atoms with Crippen molar-refractivity contribution in [1.82, 2.24) is 0 Å². The fourth-order valence-corrected chi connectivity index (χ4v) is 2.04. The highest BCUT2D eigenvalue weighted by Crippen LogP contribution is 2.28. The normalized spacial score (nSPS) is 11.1. The third-order valence-corrected chi connectivity index (χ3v) is 3.43. The average molecular weight is 238 g/mol. The molecule has 2 aromatic carbocycles. The molecular weight excluding hydrogens is 220 g/mol. The summed E-state index contributed by atoms with van der Waals surface area (Å²) < 4.78 is 0. The highest BCUT2D eigenvalue weighted by Gasteiger charge is 2.07. The van der Waals surface area contributed by atoms with E-state index in [9.17, 15) is 5.11 Å². The van der Waals surface area contributed by atoms with Crippen LogP contribution < -0.4 is 0 Å². The fourth-order valence-electron chi connectivity index (χ4n) is 2.04. The van der Waals surface area contributed by atoms with Gasteiger partial charge in [-0.1, -0.05) is 42.5 Å². The first-order chi connectivity index (χ1) is 8.59. The number of phenols is 1. The lowest BCUT2D eigenvalue weighted by Gasteiger charge is -2.10. The summed E-state index contributed by atoms with van der Waals surface area (Å²) in [5, 5.41) is 10.0. The van der Waals surface area contributed by atoms with Crippen molar-refractivity contribution in [2.24, 2.45) is 0 Å². The molecule has 0 saturated heterocycles. The van der Waals surface area contributed by atoms with Gasteiger partial charge in [-0.15, -0.1) is 0 Å². The van der Waals surface area contributed by atoms with Crippen LogP contribution in [0.15, 0.2) is 36.4 Å². The molecule has 0 aliphatic rings. The molecule has 0 atom stereocenters. The van der Waals surface area contributed by atoms with E-state index >= 15 is 0 Å². The maximum atomic E-state index is 10.0. The van der Waals surface area contributed by atoms with E-state index in [-0.39, 0.29) is 0 Å². The first-order valence-electron chi connectivity index (χ1n) is 6.12. The number of phenolic OH excluding ortho intramolecular Hbond substituents is 1. The van der Waals surface area contributed by atoms with Gasteiger partial charge in [0.15, 0.2) is 0 Å². The second-order valence-corrected chi connectivity index (χ2v) is 4.62. The molecule has 0 amide bonds. The van der Waals surface area contributed by atoms with Crippen LogP contribution in [0.3, 0.4) is 0 Å². The van der Waals surface area contributed by atoms with Crippen LogP contribution in [0.2, 0.25) is 0 Å². The van der Waals surface area contributed by atoms with Gasteiger partial charge in [-0.3, -0.25) is 0 Å². The van der Waals surface area contributed by atoms with E-state index in [0.29, 0.717) is 5.75 Å². The molecule has 92 valence electrons. The lowest BCUT2D eigenvalue weighted by Crippen LogP contribution is -1.91. The molecule has 0 spiro atoms. The maximum absolute atomic E-state index is 10.0. The number of hydrogen-bond acceptors (Lipinski definition) is 1. The van der Waals surface area contributed by atoms with Crippen molar-refractivity contribution >= 4 is 12.2 Å². The molecule has 0 bridgehead atoms. The van der Waals surface area contributed by atoms with Gasteiger partial charge in [0, 0.05) is 5.56 Å². The van der Waals surface area contributed by atoms with E-state index in [1.54, 1.807) is 0 Å². The molecule has 1 heteroatoms. The van der Waals surface area contributed by atoms with Gasteiger partial charge in [-0.05, 0) is 49.1 Å². The monoisotopic (exact) mass is 238 g/mol. The maximum Gasteiger partial charge on any atom is 0.123 e. The van der Waals surface area contributed by atoms with Gasteiger partial charge in [0.05, 0.1) is 0 Å². The molecule has 2 aromatic rings. The summed E-state index contributed by atoms with van der Waals surface area (Å²) in [7, 11) is 0. The number of benzene rings is 2. The molecular formula is C17H18O. The minimum absolute atomic E-state index is 0.350. The van der Waals surface area contributed by atoms with E-state index in [4.69, 9.17) is 0 Å². The second kappa shape index (κ2) is 5.09. The summed E-state index contributed by atoms with van der Waals surface area (Å²) in [4.78, 5) is 0. The Labute approximate surface area is 108 Å². The number of aryl methyl sites for hydroxylation is 1. The quantitative estimate of drug-likeness (QED) is 0.764. The molecule has 1 nitrogen and oxygen atoms in total. The lowest BCUT2D eigenvalue weighted by molar-refractivity contribution is 0.473. The average Bonchev–Trinajstić information content (AvgIpc) is 2.37. The summed E-state index contributed by atoms with van der Waals surface area (Å²) in [5.74, 6) is 0.350. The largest absolute Gasteiger partial charge is 0.507 e. The first kappa shape index (κ1) is 12.4. The Kier molecular flexibility index (Phi) is 3.52. The van der Waals surface area contributed by atoms with Gasteiger partial charge < -0.3 is 5.11 Å². The fraction of sp³-hybridized carbons (Fsp3) is 0.176. The second-order valence-electron chi connectivity index (χ2n) is 4.62. The Bertz CT molecular complexity index is 580. The Morgan fingerprint density at radius 1 is 0.889 bits per heavy atom. The molecule has 0 unspecified atom stereocenters. The molecule has 0 saturated carbocycles. The molecule has 0 aliphatic heterocycles. The highest BCUT2D eigenvalue weighted by molar-refractivity contribution is 5.75. The van der Waals surface area contributed by atoms with Crippen LogP contribution >= 0.6 is 0 Å².